The van der Waals surface area contributed by atoms with E-state index in [1.165, 1.54) is 37.8 Å². The zero-order chi connectivity index (χ0) is 44.1. The van der Waals surface area contributed by atoms with E-state index in [0.29, 0.717) is 65.1 Å². The number of allylic oxidation sites excluding steroid dienone is 1. The van der Waals surface area contributed by atoms with Crippen LogP contribution in [0.1, 0.15) is 122 Å². The predicted molar refractivity (Wildman–Crippen MR) is 245 cm³/mol. The first-order valence-corrected chi connectivity index (χ1v) is 24.0. The van der Waals surface area contributed by atoms with E-state index in [-0.39, 0.29) is 41.7 Å². The number of anilines is 1. The van der Waals surface area contributed by atoms with Gasteiger partial charge in [-0.15, -0.1) is 6.58 Å². The van der Waals surface area contributed by atoms with Crippen LogP contribution < -0.4 is 10.5 Å². The van der Waals surface area contributed by atoms with Gasteiger partial charge in [-0.1, -0.05) is 38.1 Å². The fourth-order valence-electron chi connectivity index (χ4n) is 13.0. The van der Waals surface area contributed by atoms with Crippen molar-refractivity contribution in [3.05, 3.63) is 88.8 Å². The van der Waals surface area contributed by atoms with Crippen LogP contribution in [0.2, 0.25) is 0 Å². The van der Waals surface area contributed by atoms with Crippen molar-refractivity contribution in [1.82, 2.24) is 29.2 Å². The molecule has 12 heteroatoms. The number of fused-ring (bicyclic) bond motifs is 6. The van der Waals surface area contributed by atoms with Gasteiger partial charge < -0.3 is 14.7 Å². The minimum Gasteiger partial charge on any atom is -0.384 e. The number of aromatic nitrogens is 5. The van der Waals surface area contributed by atoms with E-state index < -0.39 is 11.5 Å². The summed E-state index contributed by atoms with van der Waals surface area (Å²) in [5.41, 5.74) is 2.24. The van der Waals surface area contributed by atoms with E-state index in [9.17, 15) is 18.7 Å². The van der Waals surface area contributed by atoms with Gasteiger partial charge in [0.25, 0.3) is 5.56 Å². The Labute approximate surface area is 372 Å². The normalized spacial score (nSPS) is 29.6. The van der Waals surface area contributed by atoms with Gasteiger partial charge in [-0.05, 0) is 149 Å². The number of nitrogens with zero attached hydrogens (tertiary/aromatic N) is 7. The zero-order valence-corrected chi connectivity index (χ0v) is 38.1. The number of piperazine rings is 1. The van der Waals surface area contributed by atoms with Crippen LogP contribution in [-0.2, 0) is 23.3 Å². The standard InChI is InChI=1S/C51H69F2N7O3/c1-6-25-59-47(61)39-34-54-44(56-46(39)60(59)45-12-10-11-42(55-45)48(2,3)62)32-35-13-16-37(17-14-35)58-29-27-57(28-30-58)26-8-7-9-31-63-43-20-19-40-38-18-15-36-33-51(52,53)24-23-49(36,4)41(38)21-22-50(40,43)5/h6,10-14,16-17,34,36,38,40-41,43,62H,1,7-9,15,18-33H2,2-5H3/t36-,38-,40-,41-,43-,49-,50-/m0/s1. The molecule has 4 aliphatic carbocycles. The Morgan fingerprint density at radius 3 is 2.44 bits per heavy atom. The number of unbranched alkanes of at least 4 members (excludes halogenated alkanes) is 2. The first-order valence-electron chi connectivity index (χ1n) is 24.0. The van der Waals surface area contributed by atoms with Gasteiger partial charge in [-0.3, -0.25) is 9.69 Å². The van der Waals surface area contributed by atoms with Gasteiger partial charge in [-0.25, -0.2) is 33.1 Å². The van der Waals surface area contributed by atoms with Gasteiger partial charge in [0.1, 0.15) is 16.8 Å². The number of alkyl halides is 2. The Morgan fingerprint density at radius 2 is 1.68 bits per heavy atom. The maximum Gasteiger partial charge on any atom is 0.278 e. The molecule has 1 saturated heterocycles. The average molecular weight is 866 g/mol. The molecule has 63 heavy (non-hydrogen) atoms. The molecule has 9 rings (SSSR count). The van der Waals surface area contributed by atoms with Crippen molar-refractivity contribution in [2.24, 2.45) is 34.5 Å². The van der Waals surface area contributed by atoms with Gasteiger partial charge in [0, 0.05) is 63.9 Å². The third kappa shape index (κ3) is 8.65. The van der Waals surface area contributed by atoms with Crippen LogP contribution in [0.5, 0.6) is 0 Å². The molecule has 7 atom stereocenters. The summed E-state index contributed by atoms with van der Waals surface area (Å²) in [5.74, 6) is 0.825. The summed E-state index contributed by atoms with van der Waals surface area (Å²) >= 11 is 0. The minimum atomic E-state index is -2.46. The molecule has 1 aliphatic heterocycles. The summed E-state index contributed by atoms with van der Waals surface area (Å²) in [6.45, 7) is 18.4. The number of hydrogen-bond acceptors (Lipinski definition) is 8. The van der Waals surface area contributed by atoms with E-state index in [0.717, 1.165) is 70.6 Å². The fourth-order valence-corrected chi connectivity index (χ4v) is 13.0. The monoisotopic (exact) mass is 866 g/mol. The van der Waals surface area contributed by atoms with Crippen LogP contribution in [0.25, 0.3) is 16.9 Å². The second-order valence-corrected chi connectivity index (χ2v) is 20.9. The van der Waals surface area contributed by atoms with E-state index >= 15 is 0 Å². The summed E-state index contributed by atoms with van der Waals surface area (Å²) in [6, 6.07) is 14.1. The Balaban J connectivity index is 0.722. The Bertz CT molecular complexity index is 2310. The molecule has 3 aromatic heterocycles. The zero-order valence-electron chi connectivity index (χ0n) is 38.1. The topological polar surface area (TPSA) is 102 Å². The Morgan fingerprint density at radius 1 is 0.905 bits per heavy atom. The maximum absolute atomic E-state index is 14.4. The lowest BCUT2D eigenvalue weighted by atomic mass is 9.45. The number of ether oxygens (including phenoxy) is 1. The first-order chi connectivity index (χ1) is 30.2. The van der Waals surface area contributed by atoms with Crippen LogP contribution in [0.3, 0.4) is 0 Å². The van der Waals surface area contributed by atoms with Crippen LogP contribution in [0.15, 0.2) is 66.1 Å². The molecule has 0 spiro atoms. The highest BCUT2D eigenvalue weighted by molar-refractivity contribution is 5.75. The van der Waals surface area contributed by atoms with Crippen LogP contribution in [0.4, 0.5) is 14.5 Å². The van der Waals surface area contributed by atoms with Crippen molar-refractivity contribution in [1.29, 1.82) is 0 Å². The molecule has 4 aromatic rings. The summed E-state index contributed by atoms with van der Waals surface area (Å²) in [7, 11) is 0. The summed E-state index contributed by atoms with van der Waals surface area (Å²) in [6.07, 6.45) is 15.5. The molecule has 1 N–H and O–H groups in total. The number of pyridine rings is 1. The minimum absolute atomic E-state index is 0.0871. The molecule has 5 fully saturated rings. The lowest BCUT2D eigenvalue weighted by molar-refractivity contribution is -0.169. The second kappa shape index (κ2) is 17.4. The van der Waals surface area contributed by atoms with Gasteiger partial charge in [0.15, 0.2) is 11.5 Å². The van der Waals surface area contributed by atoms with Crippen LogP contribution in [0, 0.1) is 34.5 Å². The van der Waals surface area contributed by atoms with Crippen molar-refractivity contribution in [2.45, 2.75) is 135 Å². The van der Waals surface area contributed by atoms with Crippen LogP contribution in [-0.4, -0.2) is 85.7 Å². The van der Waals surface area contributed by atoms with Gasteiger partial charge in [-0.2, -0.15) is 0 Å². The van der Waals surface area contributed by atoms with E-state index in [1.807, 2.05) is 6.07 Å². The Kier molecular flexibility index (Phi) is 12.2. The largest absolute Gasteiger partial charge is 0.384 e. The molecule has 4 heterocycles. The van der Waals surface area contributed by atoms with E-state index in [2.05, 4.69) is 59.5 Å². The molecule has 0 radical (unpaired) electrons. The number of halogens is 2. The first kappa shape index (κ1) is 44.2. The maximum atomic E-state index is 14.4. The number of hydrogen-bond donors (Lipinski definition) is 1. The summed E-state index contributed by atoms with van der Waals surface area (Å²) in [5, 5.41) is 11.0. The molecule has 5 aliphatic rings. The molecule has 0 bridgehead atoms. The Hall–Kier alpha value is -4.00. The van der Waals surface area contributed by atoms with Gasteiger partial charge in [0.05, 0.1) is 18.3 Å². The molecule has 0 unspecified atom stereocenters. The molecule has 340 valence electrons. The summed E-state index contributed by atoms with van der Waals surface area (Å²) in [4.78, 5) is 32.7. The molecular weight excluding hydrogens is 797 g/mol. The highest BCUT2D eigenvalue weighted by Gasteiger charge is 2.62. The highest BCUT2D eigenvalue weighted by Crippen LogP contribution is 2.67. The molecule has 1 aromatic carbocycles. The fraction of sp³-hybridized carbons (Fsp3) is 0.647. The van der Waals surface area contributed by atoms with Crippen LogP contribution >= 0.6 is 0 Å². The lowest BCUT2D eigenvalue weighted by Gasteiger charge is -2.61. The van der Waals surface area contributed by atoms with Crippen molar-refractivity contribution >= 4 is 16.7 Å². The second-order valence-electron chi connectivity index (χ2n) is 20.9. The SMILES string of the molecule is C=CCn1c(=O)c2cnc(Cc3ccc(N4CCN(CCCCCO[C@H]5CC[C@H]6[C@@H]7CC[C@H]8CC(F)(F)CC[C@]8(C)[C@H]7CC[C@]56C)CC4)cc3)nc2n1-c1cccc(C(C)(C)O)n1. The quantitative estimate of drug-likeness (QED) is 0.0990. The van der Waals surface area contributed by atoms with Crippen molar-refractivity contribution in [3.63, 3.8) is 0 Å². The molecule has 4 saturated carbocycles. The highest BCUT2D eigenvalue weighted by atomic mass is 19.3. The number of aliphatic hydroxyl groups is 1. The molecule has 10 nitrogen and oxygen atoms in total. The number of benzene rings is 1. The smallest absolute Gasteiger partial charge is 0.278 e. The molecular formula is C51H69F2N7O3. The predicted octanol–water partition coefficient (Wildman–Crippen LogP) is 9.34. The van der Waals surface area contributed by atoms with Gasteiger partial charge in [0.2, 0.25) is 5.92 Å². The summed E-state index contributed by atoms with van der Waals surface area (Å²) < 4.78 is 38.8. The molecule has 0 amide bonds. The number of rotatable bonds is 14. The van der Waals surface area contributed by atoms with E-state index in [1.54, 1.807) is 47.6 Å². The van der Waals surface area contributed by atoms with E-state index in [4.69, 9.17) is 14.7 Å². The third-order valence-electron chi connectivity index (χ3n) is 16.6. The van der Waals surface area contributed by atoms with Gasteiger partial charge >= 0.3 is 0 Å². The van der Waals surface area contributed by atoms with Crippen molar-refractivity contribution < 1.29 is 18.6 Å². The van der Waals surface area contributed by atoms with Crippen molar-refractivity contribution in [2.75, 3.05) is 44.2 Å². The average Bonchev–Trinajstić information content (AvgIpc) is 3.74. The third-order valence-corrected chi connectivity index (χ3v) is 16.6. The lowest BCUT2D eigenvalue weighted by Crippen LogP contribution is -2.55. The van der Waals surface area contributed by atoms with Crippen molar-refractivity contribution in [3.8, 4) is 5.82 Å².